The van der Waals surface area contributed by atoms with Crippen molar-refractivity contribution in [1.82, 2.24) is 9.78 Å². The maximum Gasteiger partial charge on any atom is 0.283 e. The van der Waals surface area contributed by atoms with Crippen LogP contribution < -0.4 is 10.9 Å². The molecule has 0 aliphatic heterocycles. The smallest absolute Gasteiger partial charge is 0.283 e. The van der Waals surface area contributed by atoms with Crippen molar-refractivity contribution in [3.63, 3.8) is 0 Å². The lowest BCUT2D eigenvalue weighted by molar-refractivity contribution is 0.0487. The van der Waals surface area contributed by atoms with Crippen molar-refractivity contribution in [1.29, 1.82) is 0 Å². The molecule has 0 spiro atoms. The first-order chi connectivity index (χ1) is 8.61. The third-order valence-corrected chi connectivity index (χ3v) is 3.98. The van der Waals surface area contributed by atoms with Gasteiger partial charge in [-0.2, -0.15) is 5.10 Å². The van der Waals surface area contributed by atoms with Gasteiger partial charge in [-0.25, -0.2) is 4.68 Å². The van der Waals surface area contributed by atoms with Crippen LogP contribution in [0.4, 0.5) is 5.69 Å². The molecule has 0 atom stereocenters. The van der Waals surface area contributed by atoms with Gasteiger partial charge in [0.25, 0.3) is 5.56 Å². The quantitative estimate of drug-likeness (QED) is 0.866. The molecule has 0 radical (unpaired) electrons. The Labute approximate surface area is 114 Å². The molecule has 1 aromatic heterocycles. The number of anilines is 1. The summed E-state index contributed by atoms with van der Waals surface area (Å²) < 4.78 is 1.99. The summed E-state index contributed by atoms with van der Waals surface area (Å²) in [4.78, 5) is 11.9. The number of halogens is 1. The van der Waals surface area contributed by atoms with Gasteiger partial charge < -0.3 is 10.4 Å². The Morgan fingerprint density at radius 2 is 2.33 bits per heavy atom. The molecule has 6 heteroatoms. The molecule has 1 fully saturated rings. The third kappa shape index (κ3) is 2.92. The summed E-state index contributed by atoms with van der Waals surface area (Å²) >= 11 is 3.32. The second kappa shape index (κ2) is 5.84. The van der Waals surface area contributed by atoms with Gasteiger partial charge in [0.2, 0.25) is 0 Å². The van der Waals surface area contributed by atoms with Crippen molar-refractivity contribution in [2.24, 2.45) is 5.92 Å². The number of aliphatic hydroxyl groups is 1. The van der Waals surface area contributed by atoms with Crippen LogP contribution in [0.5, 0.6) is 0 Å². The number of nitrogens with zero attached hydrogens (tertiary/aromatic N) is 2. The number of rotatable bonds is 5. The van der Waals surface area contributed by atoms with Gasteiger partial charge >= 0.3 is 0 Å². The molecule has 18 heavy (non-hydrogen) atoms. The fraction of sp³-hybridized carbons (Fsp3) is 0.667. The highest BCUT2D eigenvalue weighted by atomic mass is 79.9. The van der Waals surface area contributed by atoms with Crippen LogP contribution in [0, 0.1) is 5.92 Å². The van der Waals surface area contributed by atoms with Crippen molar-refractivity contribution in [3.05, 3.63) is 21.0 Å². The molecule has 1 aliphatic carbocycles. The molecule has 1 saturated carbocycles. The van der Waals surface area contributed by atoms with E-state index in [1.54, 1.807) is 6.20 Å². The highest BCUT2D eigenvalue weighted by Gasteiger charge is 2.26. The van der Waals surface area contributed by atoms with Crippen LogP contribution in [0.25, 0.3) is 0 Å². The minimum Gasteiger partial charge on any atom is -0.393 e. The van der Waals surface area contributed by atoms with E-state index < -0.39 is 0 Å². The number of aromatic nitrogens is 2. The van der Waals surface area contributed by atoms with Crippen molar-refractivity contribution >= 4 is 21.6 Å². The Balaban J connectivity index is 2.00. The standard InChI is InChI=1S/C12H18BrN3O2/c1-2-3-16-12(18)11(13)10(7-15-16)14-6-8-4-9(17)5-8/h7-9,14,17H,2-6H2,1H3. The molecule has 0 amide bonds. The third-order valence-electron chi connectivity index (χ3n) is 3.21. The molecule has 1 heterocycles. The van der Waals surface area contributed by atoms with Gasteiger partial charge in [-0.1, -0.05) is 6.92 Å². The molecule has 0 unspecified atom stereocenters. The van der Waals surface area contributed by atoms with Gasteiger partial charge in [0.15, 0.2) is 0 Å². The molecule has 1 aromatic rings. The molecule has 1 aliphatic rings. The van der Waals surface area contributed by atoms with E-state index in [0.717, 1.165) is 31.5 Å². The maximum atomic E-state index is 11.9. The average molecular weight is 316 g/mol. The Bertz CT molecular complexity index is 469. The highest BCUT2D eigenvalue weighted by molar-refractivity contribution is 9.10. The summed E-state index contributed by atoms with van der Waals surface area (Å²) in [7, 11) is 0. The monoisotopic (exact) mass is 315 g/mol. The first-order valence-electron chi connectivity index (χ1n) is 6.29. The van der Waals surface area contributed by atoms with Crippen LogP contribution in [0.1, 0.15) is 26.2 Å². The molecule has 2 N–H and O–H groups in total. The van der Waals surface area contributed by atoms with Crippen molar-refractivity contribution < 1.29 is 5.11 Å². The molecule has 0 aromatic carbocycles. The number of nitrogens with one attached hydrogen (secondary N) is 1. The largest absolute Gasteiger partial charge is 0.393 e. The average Bonchev–Trinajstić information content (AvgIpc) is 2.31. The predicted molar refractivity (Wildman–Crippen MR) is 73.7 cm³/mol. The lowest BCUT2D eigenvalue weighted by atomic mass is 9.82. The van der Waals surface area contributed by atoms with Gasteiger partial charge in [-0.15, -0.1) is 0 Å². The zero-order valence-corrected chi connectivity index (χ0v) is 12.0. The van der Waals surface area contributed by atoms with Gasteiger partial charge in [-0.3, -0.25) is 4.79 Å². The number of hydrogen-bond donors (Lipinski definition) is 2. The van der Waals surface area contributed by atoms with Crippen LogP contribution in [-0.2, 0) is 6.54 Å². The summed E-state index contributed by atoms with van der Waals surface area (Å²) in [6.45, 7) is 3.41. The summed E-state index contributed by atoms with van der Waals surface area (Å²) in [6, 6.07) is 0. The van der Waals surface area contributed by atoms with Crippen LogP contribution in [0.2, 0.25) is 0 Å². The first kappa shape index (κ1) is 13.5. The van der Waals surface area contributed by atoms with Crippen LogP contribution >= 0.6 is 15.9 Å². The van der Waals surface area contributed by atoms with E-state index in [4.69, 9.17) is 0 Å². The SMILES string of the molecule is CCCn1ncc(NCC2CC(O)C2)c(Br)c1=O. The van der Waals surface area contributed by atoms with Crippen LogP contribution in [0.3, 0.4) is 0 Å². The van der Waals surface area contributed by atoms with E-state index in [1.807, 2.05) is 6.92 Å². The number of hydrogen-bond acceptors (Lipinski definition) is 4. The molecule has 100 valence electrons. The number of aliphatic hydroxyl groups excluding tert-OH is 1. The van der Waals surface area contributed by atoms with Crippen molar-refractivity contribution in [2.45, 2.75) is 38.8 Å². The molecule has 2 rings (SSSR count). The molecule has 0 saturated heterocycles. The van der Waals surface area contributed by atoms with E-state index in [9.17, 15) is 9.90 Å². The van der Waals surface area contributed by atoms with E-state index >= 15 is 0 Å². The lowest BCUT2D eigenvalue weighted by Gasteiger charge is -2.31. The van der Waals surface area contributed by atoms with Gasteiger partial charge in [-0.05, 0) is 41.1 Å². The molecule has 5 nitrogen and oxygen atoms in total. The normalized spacial score (nSPS) is 22.6. The maximum absolute atomic E-state index is 11.9. The Morgan fingerprint density at radius 1 is 1.61 bits per heavy atom. The minimum atomic E-state index is -0.143. The molecule has 0 bridgehead atoms. The van der Waals surface area contributed by atoms with Gasteiger partial charge in [0.1, 0.15) is 4.47 Å². The second-order valence-corrected chi connectivity index (χ2v) is 5.57. The van der Waals surface area contributed by atoms with Gasteiger partial charge in [0.05, 0.1) is 18.0 Å². The Hall–Kier alpha value is -0.880. The zero-order valence-electron chi connectivity index (χ0n) is 10.4. The van der Waals surface area contributed by atoms with E-state index in [1.165, 1.54) is 4.68 Å². The van der Waals surface area contributed by atoms with Gasteiger partial charge in [0, 0.05) is 13.1 Å². The summed E-state index contributed by atoms with van der Waals surface area (Å²) in [5, 5.41) is 16.5. The Morgan fingerprint density at radius 3 is 2.94 bits per heavy atom. The number of aryl methyl sites for hydroxylation is 1. The first-order valence-corrected chi connectivity index (χ1v) is 7.08. The zero-order chi connectivity index (χ0) is 13.1. The topological polar surface area (TPSA) is 67.2 Å². The minimum absolute atomic E-state index is 0.101. The summed E-state index contributed by atoms with van der Waals surface area (Å²) in [5.74, 6) is 0.491. The molecular weight excluding hydrogens is 298 g/mol. The van der Waals surface area contributed by atoms with E-state index in [-0.39, 0.29) is 11.7 Å². The fourth-order valence-corrected chi connectivity index (χ4v) is 2.53. The Kier molecular flexibility index (Phi) is 4.40. The predicted octanol–water partition coefficient (Wildman–Crippen LogP) is 1.60. The molecular formula is C12H18BrN3O2. The van der Waals surface area contributed by atoms with Crippen molar-refractivity contribution in [2.75, 3.05) is 11.9 Å². The second-order valence-electron chi connectivity index (χ2n) is 4.77. The van der Waals surface area contributed by atoms with E-state index in [0.29, 0.717) is 16.9 Å². The van der Waals surface area contributed by atoms with Crippen LogP contribution in [0.15, 0.2) is 15.5 Å². The lowest BCUT2D eigenvalue weighted by Crippen LogP contribution is -2.33. The van der Waals surface area contributed by atoms with Crippen molar-refractivity contribution in [3.8, 4) is 0 Å². The fourth-order valence-electron chi connectivity index (χ4n) is 2.08. The van der Waals surface area contributed by atoms with Crippen LogP contribution in [-0.4, -0.2) is 27.5 Å². The highest BCUT2D eigenvalue weighted by Crippen LogP contribution is 2.28. The summed E-state index contributed by atoms with van der Waals surface area (Å²) in [5.41, 5.74) is 0.629. The summed E-state index contributed by atoms with van der Waals surface area (Å²) in [6.07, 6.45) is 4.09. The van der Waals surface area contributed by atoms with E-state index in [2.05, 4.69) is 26.3 Å².